The highest BCUT2D eigenvalue weighted by atomic mass is 16.6. The number of hydrogen-bond donors (Lipinski definition) is 1. The molecule has 0 spiro atoms. The molecule has 1 fully saturated rings. The number of nitro groups is 1. The molecule has 1 heterocycles. The van der Waals surface area contributed by atoms with Gasteiger partial charge in [-0.05, 0) is 30.9 Å². The summed E-state index contributed by atoms with van der Waals surface area (Å²) in [7, 11) is 0. The molecule has 0 saturated carbocycles. The van der Waals surface area contributed by atoms with Crippen molar-refractivity contribution in [1.29, 1.82) is 0 Å². The van der Waals surface area contributed by atoms with Gasteiger partial charge in [0.15, 0.2) is 0 Å². The minimum absolute atomic E-state index is 0.0439. The number of benzene rings is 1. The van der Waals surface area contributed by atoms with Crippen molar-refractivity contribution in [2.45, 2.75) is 19.3 Å². The van der Waals surface area contributed by atoms with Gasteiger partial charge in [-0.25, -0.2) is 0 Å². The summed E-state index contributed by atoms with van der Waals surface area (Å²) in [6.45, 7) is 2.12. The third kappa shape index (κ3) is 3.54. The van der Waals surface area contributed by atoms with E-state index in [4.69, 9.17) is 5.73 Å². The van der Waals surface area contributed by atoms with Gasteiger partial charge in [-0.15, -0.1) is 0 Å². The van der Waals surface area contributed by atoms with Crippen molar-refractivity contribution in [3.05, 3.63) is 39.9 Å². The molecule has 0 bridgehead atoms. The third-order valence-electron chi connectivity index (χ3n) is 3.71. The molecule has 108 valence electrons. The lowest BCUT2D eigenvalue weighted by Gasteiger charge is -2.32. The second-order valence-electron chi connectivity index (χ2n) is 5.18. The average Bonchev–Trinajstić information content (AvgIpc) is 2.47. The quantitative estimate of drug-likeness (QED) is 0.664. The minimum Gasteiger partial charge on any atom is -0.342 e. The molecule has 1 aliphatic rings. The highest BCUT2D eigenvalue weighted by Crippen LogP contribution is 2.17. The van der Waals surface area contributed by atoms with Gasteiger partial charge in [-0.3, -0.25) is 14.9 Å². The average molecular weight is 277 g/mol. The molecule has 20 heavy (non-hydrogen) atoms. The fourth-order valence-electron chi connectivity index (χ4n) is 2.51. The fraction of sp³-hybridized carbons (Fsp3) is 0.500. The van der Waals surface area contributed by atoms with Gasteiger partial charge in [0.05, 0.1) is 11.3 Å². The Morgan fingerprint density at radius 3 is 2.70 bits per heavy atom. The number of carbonyl (C=O) groups is 1. The van der Waals surface area contributed by atoms with Crippen LogP contribution in [0.3, 0.4) is 0 Å². The van der Waals surface area contributed by atoms with Crippen LogP contribution in [0.1, 0.15) is 18.4 Å². The van der Waals surface area contributed by atoms with Crippen LogP contribution in [0.4, 0.5) is 5.69 Å². The number of hydrogen-bond acceptors (Lipinski definition) is 4. The van der Waals surface area contributed by atoms with Gasteiger partial charge < -0.3 is 10.6 Å². The number of rotatable bonds is 4. The lowest BCUT2D eigenvalue weighted by molar-refractivity contribution is -0.384. The maximum Gasteiger partial charge on any atom is 0.269 e. The molecule has 1 aromatic rings. The molecule has 1 saturated heterocycles. The first kappa shape index (κ1) is 14.5. The number of nitro benzene ring substituents is 1. The van der Waals surface area contributed by atoms with E-state index in [2.05, 4.69) is 0 Å². The Hall–Kier alpha value is -1.95. The van der Waals surface area contributed by atoms with Crippen LogP contribution < -0.4 is 5.73 Å². The number of piperidine rings is 1. The molecule has 6 heteroatoms. The van der Waals surface area contributed by atoms with E-state index in [9.17, 15) is 14.9 Å². The van der Waals surface area contributed by atoms with Crippen LogP contribution in [0.15, 0.2) is 24.3 Å². The largest absolute Gasteiger partial charge is 0.342 e. The maximum atomic E-state index is 12.2. The molecule has 1 unspecified atom stereocenters. The number of amides is 1. The Bertz CT molecular complexity index is 487. The van der Waals surface area contributed by atoms with E-state index in [1.807, 2.05) is 4.90 Å². The van der Waals surface area contributed by atoms with E-state index in [0.717, 1.165) is 31.5 Å². The summed E-state index contributed by atoms with van der Waals surface area (Å²) in [5, 5.41) is 10.6. The van der Waals surface area contributed by atoms with Gasteiger partial charge in [0.1, 0.15) is 0 Å². The second-order valence-corrected chi connectivity index (χ2v) is 5.18. The zero-order valence-electron chi connectivity index (χ0n) is 11.3. The van der Waals surface area contributed by atoms with E-state index in [1.165, 1.54) is 12.1 Å². The predicted octanol–water partition coefficient (Wildman–Crippen LogP) is 1.33. The number of non-ortho nitro benzene ring substituents is 1. The summed E-state index contributed by atoms with van der Waals surface area (Å²) >= 11 is 0. The zero-order chi connectivity index (χ0) is 14.5. The van der Waals surface area contributed by atoms with Gasteiger partial charge in [0, 0.05) is 25.2 Å². The van der Waals surface area contributed by atoms with Crippen molar-refractivity contribution in [1.82, 2.24) is 4.90 Å². The summed E-state index contributed by atoms with van der Waals surface area (Å²) in [4.78, 5) is 24.2. The molecule has 1 amide bonds. The molecular formula is C14H19N3O3. The second kappa shape index (κ2) is 6.47. The summed E-state index contributed by atoms with van der Waals surface area (Å²) < 4.78 is 0. The normalized spacial score (nSPS) is 18.9. The van der Waals surface area contributed by atoms with E-state index in [-0.39, 0.29) is 18.0 Å². The van der Waals surface area contributed by atoms with Crippen molar-refractivity contribution in [2.75, 3.05) is 19.6 Å². The highest BCUT2D eigenvalue weighted by molar-refractivity contribution is 5.79. The Morgan fingerprint density at radius 2 is 2.10 bits per heavy atom. The standard InChI is InChI=1S/C14H19N3O3/c15-9-12-2-1-7-16(10-12)14(18)8-11-3-5-13(6-4-11)17(19)20/h3-6,12H,1-2,7-10,15H2. The van der Waals surface area contributed by atoms with E-state index < -0.39 is 4.92 Å². The van der Waals surface area contributed by atoms with Crippen molar-refractivity contribution in [3.8, 4) is 0 Å². The van der Waals surface area contributed by atoms with Crippen LogP contribution in [0.25, 0.3) is 0 Å². The molecule has 2 rings (SSSR count). The molecular weight excluding hydrogens is 258 g/mol. The van der Waals surface area contributed by atoms with Crippen LogP contribution in [-0.2, 0) is 11.2 Å². The van der Waals surface area contributed by atoms with Crippen LogP contribution >= 0.6 is 0 Å². The van der Waals surface area contributed by atoms with E-state index >= 15 is 0 Å². The summed E-state index contributed by atoms with van der Waals surface area (Å²) in [6, 6.07) is 6.14. The predicted molar refractivity (Wildman–Crippen MR) is 75.2 cm³/mol. The third-order valence-corrected chi connectivity index (χ3v) is 3.71. The molecule has 1 atom stereocenters. The van der Waals surface area contributed by atoms with Gasteiger partial charge >= 0.3 is 0 Å². The Kier molecular flexibility index (Phi) is 4.68. The van der Waals surface area contributed by atoms with Gasteiger partial charge in [-0.1, -0.05) is 12.1 Å². The number of likely N-dealkylation sites (tertiary alicyclic amines) is 1. The summed E-state index contributed by atoms with van der Waals surface area (Å²) in [5.41, 5.74) is 6.51. The number of nitrogens with zero attached hydrogens (tertiary/aromatic N) is 2. The van der Waals surface area contributed by atoms with E-state index in [1.54, 1.807) is 12.1 Å². The van der Waals surface area contributed by atoms with Gasteiger partial charge in [0.2, 0.25) is 5.91 Å². The molecule has 1 aliphatic heterocycles. The number of carbonyl (C=O) groups excluding carboxylic acids is 1. The van der Waals surface area contributed by atoms with Gasteiger partial charge in [0.25, 0.3) is 5.69 Å². The fourth-order valence-corrected chi connectivity index (χ4v) is 2.51. The highest BCUT2D eigenvalue weighted by Gasteiger charge is 2.22. The van der Waals surface area contributed by atoms with Crippen molar-refractivity contribution in [2.24, 2.45) is 11.7 Å². The monoisotopic (exact) mass is 277 g/mol. The zero-order valence-corrected chi connectivity index (χ0v) is 11.3. The lowest BCUT2D eigenvalue weighted by Crippen LogP contribution is -2.42. The van der Waals surface area contributed by atoms with Crippen LogP contribution in [-0.4, -0.2) is 35.4 Å². The maximum absolute atomic E-state index is 12.2. The summed E-state index contributed by atoms with van der Waals surface area (Å²) in [6.07, 6.45) is 2.36. The SMILES string of the molecule is NCC1CCCN(C(=O)Cc2ccc([N+](=O)[O-])cc2)C1. The minimum atomic E-state index is -0.442. The molecule has 1 aromatic carbocycles. The van der Waals surface area contributed by atoms with Crippen LogP contribution in [0.2, 0.25) is 0 Å². The summed E-state index contributed by atoms with van der Waals surface area (Å²) in [5.74, 6) is 0.460. The van der Waals surface area contributed by atoms with Crippen LogP contribution in [0, 0.1) is 16.0 Å². The Balaban J connectivity index is 1.95. The molecule has 2 N–H and O–H groups in total. The molecule has 0 aliphatic carbocycles. The Labute approximate surface area is 117 Å². The Morgan fingerprint density at radius 1 is 1.40 bits per heavy atom. The first-order valence-electron chi connectivity index (χ1n) is 6.81. The smallest absolute Gasteiger partial charge is 0.269 e. The molecule has 0 aromatic heterocycles. The van der Waals surface area contributed by atoms with Crippen molar-refractivity contribution in [3.63, 3.8) is 0 Å². The topological polar surface area (TPSA) is 89.5 Å². The lowest BCUT2D eigenvalue weighted by atomic mass is 9.97. The van der Waals surface area contributed by atoms with Gasteiger partial charge in [-0.2, -0.15) is 0 Å². The van der Waals surface area contributed by atoms with Crippen molar-refractivity contribution >= 4 is 11.6 Å². The first-order valence-corrected chi connectivity index (χ1v) is 6.81. The van der Waals surface area contributed by atoms with Crippen molar-refractivity contribution < 1.29 is 9.72 Å². The van der Waals surface area contributed by atoms with Crippen LogP contribution in [0.5, 0.6) is 0 Å². The number of nitrogens with two attached hydrogens (primary N) is 1. The van der Waals surface area contributed by atoms with E-state index in [0.29, 0.717) is 12.5 Å². The molecule has 0 radical (unpaired) electrons. The molecule has 6 nitrogen and oxygen atoms in total. The first-order chi connectivity index (χ1) is 9.60.